The highest BCUT2D eigenvalue weighted by Crippen LogP contribution is 2.13. The van der Waals surface area contributed by atoms with Crippen LogP contribution in [-0.4, -0.2) is 20.6 Å². The summed E-state index contributed by atoms with van der Waals surface area (Å²) in [5.74, 6) is -0.412. The van der Waals surface area contributed by atoms with Gasteiger partial charge in [-0.1, -0.05) is 18.2 Å². The number of benzene rings is 1. The van der Waals surface area contributed by atoms with E-state index in [9.17, 15) is 4.79 Å². The van der Waals surface area contributed by atoms with Crippen molar-refractivity contribution in [2.45, 2.75) is 13.5 Å². The van der Waals surface area contributed by atoms with Crippen molar-refractivity contribution >= 4 is 5.97 Å². The van der Waals surface area contributed by atoms with Gasteiger partial charge in [0.25, 0.3) is 0 Å². The number of hydrogen-bond donors (Lipinski definition) is 1. The van der Waals surface area contributed by atoms with Gasteiger partial charge in [-0.25, -0.2) is 9.78 Å². The summed E-state index contributed by atoms with van der Waals surface area (Å²) >= 11 is 0. The fourth-order valence-electron chi connectivity index (χ4n) is 1.78. The monoisotopic (exact) mass is 241 g/mol. The normalized spacial score (nSPS) is 10.0. The summed E-state index contributed by atoms with van der Waals surface area (Å²) < 4.78 is 1.58. The zero-order valence-corrected chi connectivity index (χ0v) is 9.79. The van der Waals surface area contributed by atoms with Gasteiger partial charge in [0.1, 0.15) is 11.5 Å². The Labute approximate surface area is 104 Å². The molecule has 0 aliphatic rings. The van der Waals surface area contributed by atoms with Crippen molar-refractivity contribution in [1.29, 1.82) is 5.26 Å². The van der Waals surface area contributed by atoms with E-state index in [-0.39, 0.29) is 5.69 Å². The van der Waals surface area contributed by atoms with Gasteiger partial charge in [-0.3, -0.25) is 0 Å². The number of rotatable bonds is 3. The summed E-state index contributed by atoms with van der Waals surface area (Å²) in [5.41, 5.74) is 1.45. The summed E-state index contributed by atoms with van der Waals surface area (Å²) in [6.07, 6.45) is 1.33. The highest BCUT2D eigenvalue weighted by molar-refractivity contribution is 5.85. The maximum Gasteiger partial charge on any atom is 0.354 e. The molecule has 1 heterocycles. The lowest BCUT2D eigenvalue weighted by atomic mass is 10.1. The minimum absolute atomic E-state index is 0.125. The summed E-state index contributed by atoms with van der Waals surface area (Å²) in [6, 6.07) is 9.22. The number of imidazole rings is 1. The minimum atomic E-state index is -1.02. The van der Waals surface area contributed by atoms with Crippen molar-refractivity contribution < 1.29 is 9.90 Å². The van der Waals surface area contributed by atoms with Gasteiger partial charge in [0, 0.05) is 0 Å². The third kappa shape index (κ3) is 2.09. The van der Waals surface area contributed by atoms with Crippen LogP contribution in [0.4, 0.5) is 0 Å². The number of carbonyl (C=O) groups is 1. The third-order valence-corrected chi connectivity index (χ3v) is 2.74. The second-order valence-electron chi connectivity index (χ2n) is 3.85. The van der Waals surface area contributed by atoms with Crippen LogP contribution >= 0.6 is 0 Å². The molecule has 0 bridgehead atoms. The number of aryl methyl sites for hydroxylation is 1. The SMILES string of the molecule is Cc1ncc(C(=O)O)n1Cc1ccccc1C#N. The first-order chi connectivity index (χ1) is 8.63. The molecule has 1 N–H and O–H groups in total. The zero-order valence-electron chi connectivity index (χ0n) is 9.79. The van der Waals surface area contributed by atoms with Gasteiger partial charge < -0.3 is 9.67 Å². The van der Waals surface area contributed by atoms with Crippen LogP contribution in [0.1, 0.15) is 27.4 Å². The van der Waals surface area contributed by atoms with E-state index in [0.29, 0.717) is 17.9 Å². The first-order valence-electron chi connectivity index (χ1n) is 5.37. The van der Waals surface area contributed by atoms with Crippen LogP contribution in [0.5, 0.6) is 0 Å². The zero-order chi connectivity index (χ0) is 13.1. The van der Waals surface area contributed by atoms with Gasteiger partial charge in [0.15, 0.2) is 0 Å². The second kappa shape index (κ2) is 4.72. The predicted molar refractivity (Wildman–Crippen MR) is 64.2 cm³/mol. The van der Waals surface area contributed by atoms with E-state index in [2.05, 4.69) is 11.1 Å². The number of nitriles is 1. The van der Waals surface area contributed by atoms with Gasteiger partial charge in [-0.15, -0.1) is 0 Å². The Balaban J connectivity index is 2.43. The molecule has 1 aromatic heterocycles. The summed E-state index contributed by atoms with van der Waals surface area (Å²) in [6.45, 7) is 2.07. The fourth-order valence-corrected chi connectivity index (χ4v) is 1.78. The molecule has 0 aliphatic heterocycles. The number of carboxylic acid groups (broad SMARTS) is 1. The molecule has 90 valence electrons. The molecule has 5 heteroatoms. The number of aromatic nitrogens is 2. The first-order valence-corrected chi connectivity index (χ1v) is 5.37. The van der Waals surface area contributed by atoms with Gasteiger partial charge in [-0.2, -0.15) is 5.26 Å². The molecule has 5 nitrogen and oxygen atoms in total. The van der Waals surface area contributed by atoms with E-state index in [1.165, 1.54) is 6.20 Å². The molecular weight excluding hydrogens is 230 g/mol. The largest absolute Gasteiger partial charge is 0.477 e. The second-order valence-corrected chi connectivity index (χ2v) is 3.85. The lowest BCUT2D eigenvalue weighted by Gasteiger charge is -2.09. The predicted octanol–water partition coefficient (Wildman–Crippen LogP) is 1.81. The van der Waals surface area contributed by atoms with Crippen LogP contribution in [0.2, 0.25) is 0 Å². The van der Waals surface area contributed by atoms with E-state index in [0.717, 1.165) is 5.56 Å². The van der Waals surface area contributed by atoms with Crippen molar-refractivity contribution in [2.75, 3.05) is 0 Å². The number of nitrogens with zero attached hydrogens (tertiary/aromatic N) is 3. The summed E-state index contributed by atoms with van der Waals surface area (Å²) in [7, 11) is 0. The van der Waals surface area contributed by atoms with Crippen molar-refractivity contribution in [3.05, 3.63) is 53.1 Å². The molecule has 2 aromatic rings. The van der Waals surface area contributed by atoms with Crippen LogP contribution < -0.4 is 0 Å². The van der Waals surface area contributed by atoms with Gasteiger partial charge in [-0.05, 0) is 18.6 Å². The van der Waals surface area contributed by atoms with Crippen LogP contribution in [0.3, 0.4) is 0 Å². The fraction of sp³-hybridized carbons (Fsp3) is 0.154. The molecule has 0 fully saturated rings. The van der Waals surface area contributed by atoms with Crippen molar-refractivity contribution in [3.8, 4) is 6.07 Å². The van der Waals surface area contributed by atoms with Gasteiger partial charge in [0.2, 0.25) is 0 Å². The van der Waals surface area contributed by atoms with E-state index in [4.69, 9.17) is 10.4 Å². The van der Waals surface area contributed by atoms with Crippen molar-refractivity contribution in [3.63, 3.8) is 0 Å². The molecule has 18 heavy (non-hydrogen) atoms. The first kappa shape index (κ1) is 11.9. The Morgan fingerprint density at radius 3 is 2.89 bits per heavy atom. The molecule has 0 saturated heterocycles. The van der Waals surface area contributed by atoms with Gasteiger partial charge in [0.05, 0.1) is 24.4 Å². The number of aromatic carboxylic acids is 1. The Hall–Kier alpha value is -2.61. The average molecular weight is 241 g/mol. The highest BCUT2D eigenvalue weighted by atomic mass is 16.4. The molecule has 1 aromatic carbocycles. The Morgan fingerprint density at radius 1 is 1.50 bits per heavy atom. The van der Waals surface area contributed by atoms with Crippen molar-refractivity contribution in [1.82, 2.24) is 9.55 Å². The van der Waals surface area contributed by atoms with E-state index < -0.39 is 5.97 Å². The van der Waals surface area contributed by atoms with Gasteiger partial charge >= 0.3 is 5.97 Å². The van der Waals surface area contributed by atoms with Crippen LogP contribution in [0.15, 0.2) is 30.5 Å². The standard InChI is InChI=1S/C13H11N3O2/c1-9-15-7-12(13(17)18)16(9)8-11-5-3-2-4-10(11)6-14/h2-5,7H,8H2,1H3,(H,17,18). The van der Waals surface area contributed by atoms with Crippen LogP contribution in [-0.2, 0) is 6.54 Å². The molecule has 0 spiro atoms. The maximum atomic E-state index is 11.1. The van der Waals surface area contributed by atoms with Crippen LogP contribution in [0, 0.1) is 18.3 Å². The third-order valence-electron chi connectivity index (χ3n) is 2.74. The Morgan fingerprint density at radius 2 is 2.22 bits per heavy atom. The smallest absolute Gasteiger partial charge is 0.354 e. The Kier molecular flexibility index (Phi) is 3.11. The van der Waals surface area contributed by atoms with E-state index in [1.54, 1.807) is 23.6 Å². The molecule has 0 radical (unpaired) electrons. The molecule has 0 aliphatic carbocycles. The molecule has 0 atom stereocenters. The summed E-state index contributed by atoms with van der Waals surface area (Å²) in [4.78, 5) is 15.0. The van der Waals surface area contributed by atoms with E-state index >= 15 is 0 Å². The average Bonchev–Trinajstić information content (AvgIpc) is 2.72. The maximum absolute atomic E-state index is 11.1. The topological polar surface area (TPSA) is 78.9 Å². The Bertz CT molecular complexity index is 638. The molecule has 0 unspecified atom stereocenters. The number of carboxylic acids is 1. The lowest BCUT2D eigenvalue weighted by molar-refractivity contribution is 0.0685. The van der Waals surface area contributed by atoms with Crippen LogP contribution in [0.25, 0.3) is 0 Å². The molecule has 0 amide bonds. The van der Waals surface area contributed by atoms with E-state index in [1.807, 2.05) is 12.1 Å². The lowest BCUT2D eigenvalue weighted by Crippen LogP contribution is -2.11. The van der Waals surface area contributed by atoms with Crippen molar-refractivity contribution in [2.24, 2.45) is 0 Å². The highest BCUT2D eigenvalue weighted by Gasteiger charge is 2.14. The molecule has 0 saturated carbocycles. The molecular formula is C13H11N3O2. The number of hydrogen-bond acceptors (Lipinski definition) is 3. The minimum Gasteiger partial charge on any atom is -0.477 e. The quantitative estimate of drug-likeness (QED) is 0.888. The summed E-state index contributed by atoms with van der Waals surface area (Å²) in [5, 5.41) is 18.1. The molecule has 2 rings (SSSR count).